The first-order chi connectivity index (χ1) is 9.69. The number of benzene rings is 1. The van der Waals surface area contributed by atoms with Gasteiger partial charge in [0, 0.05) is 12.8 Å². The molecular weight excluding hydrogens is 390 g/mol. The van der Waals surface area contributed by atoms with Crippen molar-refractivity contribution in [2.24, 2.45) is 0 Å². The first kappa shape index (κ1) is 15.4. The third kappa shape index (κ3) is 4.54. The molecular formula is C14H15Br2NO3. The number of hydrogen-bond donors (Lipinski definition) is 1. The number of anilines is 1. The number of furan rings is 1. The van der Waals surface area contributed by atoms with Gasteiger partial charge in [-0.15, -0.1) is 0 Å². The Morgan fingerprint density at radius 2 is 1.90 bits per heavy atom. The lowest BCUT2D eigenvalue weighted by molar-refractivity contribution is 0.146. The molecule has 6 heteroatoms. The predicted octanol–water partition coefficient (Wildman–Crippen LogP) is 4.44. The number of halogens is 2. The van der Waals surface area contributed by atoms with E-state index in [2.05, 4.69) is 37.2 Å². The van der Waals surface area contributed by atoms with Crippen molar-refractivity contribution >= 4 is 37.5 Å². The summed E-state index contributed by atoms with van der Waals surface area (Å²) in [4.78, 5) is 0. The van der Waals surface area contributed by atoms with Crippen molar-refractivity contribution in [1.29, 1.82) is 0 Å². The van der Waals surface area contributed by atoms with Gasteiger partial charge in [-0.2, -0.15) is 0 Å². The molecule has 0 amide bonds. The summed E-state index contributed by atoms with van der Waals surface area (Å²) in [6.07, 6.45) is 0. The quantitative estimate of drug-likeness (QED) is 0.692. The molecule has 0 fully saturated rings. The summed E-state index contributed by atoms with van der Waals surface area (Å²) < 4.78 is 17.5. The highest BCUT2D eigenvalue weighted by atomic mass is 79.9. The van der Waals surface area contributed by atoms with E-state index >= 15 is 0 Å². The summed E-state index contributed by atoms with van der Waals surface area (Å²) in [6, 6.07) is 9.71. The first-order valence-corrected chi connectivity index (χ1v) is 7.67. The van der Waals surface area contributed by atoms with Crippen LogP contribution in [-0.4, -0.2) is 20.3 Å². The third-order valence-electron chi connectivity index (χ3n) is 2.57. The molecule has 1 aromatic carbocycles. The number of nitrogens with one attached hydrogen (secondary N) is 1. The van der Waals surface area contributed by atoms with Gasteiger partial charge in [0.25, 0.3) is 0 Å². The van der Waals surface area contributed by atoms with Crippen molar-refractivity contribution in [1.82, 2.24) is 0 Å². The van der Waals surface area contributed by atoms with Crippen molar-refractivity contribution < 1.29 is 13.9 Å². The van der Waals surface area contributed by atoms with Gasteiger partial charge in [-0.3, -0.25) is 0 Å². The Morgan fingerprint density at radius 1 is 1.15 bits per heavy atom. The summed E-state index contributed by atoms with van der Waals surface area (Å²) in [6.45, 7) is 1.76. The van der Waals surface area contributed by atoms with Crippen LogP contribution in [0.2, 0.25) is 0 Å². The van der Waals surface area contributed by atoms with E-state index in [0.29, 0.717) is 24.4 Å². The Balaban J connectivity index is 1.84. The van der Waals surface area contributed by atoms with Gasteiger partial charge in [-0.1, -0.05) is 0 Å². The molecule has 0 saturated carbocycles. The van der Waals surface area contributed by atoms with Crippen LogP contribution in [0.3, 0.4) is 0 Å². The molecule has 0 bridgehead atoms. The summed E-state index contributed by atoms with van der Waals surface area (Å²) >= 11 is 6.70. The van der Waals surface area contributed by atoms with Gasteiger partial charge in [-0.25, -0.2) is 0 Å². The van der Waals surface area contributed by atoms with Crippen molar-refractivity contribution in [2.45, 2.75) is 6.54 Å². The lowest BCUT2D eigenvalue weighted by Gasteiger charge is -2.07. The molecule has 0 saturated heterocycles. The Bertz CT molecular complexity index is 520. The smallest absolute Gasteiger partial charge is 0.183 e. The predicted molar refractivity (Wildman–Crippen MR) is 85.2 cm³/mol. The van der Waals surface area contributed by atoms with Crippen molar-refractivity contribution in [3.8, 4) is 5.75 Å². The Kier molecular flexibility index (Phi) is 5.94. The summed E-state index contributed by atoms with van der Waals surface area (Å²) in [7, 11) is 1.65. The van der Waals surface area contributed by atoms with E-state index in [9.17, 15) is 0 Å². The van der Waals surface area contributed by atoms with E-state index in [1.54, 1.807) is 7.11 Å². The average molecular weight is 405 g/mol. The van der Waals surface area contributed by atoms with E-state index in [-0.39, 0.29) is 0 Å². The van der Waals surface area contributed by atoms with Crippen molar-refractivity contribution in [3.63, 3.8) is 0 Å². The van der Waals surface area contributed by atoms with Crippen LogP contribution >= 0.6 is 31.9 Å². The van der Waals surface area contributed by atoms with Crippen LogP contribution in [0, 0.1) is 0 Å². The largest absolute Gasteiger partial charge is 0.491 e. The SMILES string of the molecule is COCCOc1ccc(NCc2cc(Br)c(Br)o2)cc1. The van der Waals surface area contributed by atoms with Gasteiger partial charge >= 0.3 is 0 Å². The molecule has 20 heavy (non-hydrogen) atoms. The molecule has 0 aliphatic heterocycles. The zero-order chi connectivity index (χ0) is 14.4. The minimum atomic E-state index is 0.553. The average Bonchev–Trinajstić information content (AvgIpc) is 2.77. The highest BCUT2D eigenvalue weighted by Gasteiger charge is 2.05. The standard InChI is InChI=1S/C14H15Br2NO3/c1-18-6-7-19-11-4-2-10(3-5-11)17-9-12-8-13(15)14(16)20-12/h2-5,8,17H,6-7,9H2,1H3. The van der Waals surface area contributed by atoms with E-state index < -0.39 is 0 Å². The van der Waals surface area contributed by atoms with E-state index in [4.69, 9.17) is 13.9 Å². The molecule has 0 unspecified atom stereocenters. The minimum absolute atomic E-state index is 0.553. The molecule has 0 atom stereocenters. The lowest BCUT2D eigenvalue weighted by atomic mass is 10.3. The van der Waals surface area contributed by atoms with E-state index in [1.165, 1.54) is 0 Å². The maximum atomic E-state index is 5.50. The number of rotatable bonds is 7. The second-order valence-electron chi connectivity index (χ2n) is 4.05. The highest BCUT2D eigenvalue weighted by molar-refractivity contribution is 9.13. The van der Waals surface area contributed by atoms with Crippen LogP contribution in [-0.2, 0) is 11.3 Å². The topological polar surface area (TPSA) is 43.6 Å². The maximum Gasteiger partial charge on any atom is 0.183 e. The van der Waals surface area contributed by atoms with Gasteiger partial charge < -0.3 is 19.2 Å². The Morgan fingerprint density at radius 3 is 2.50 bits per heavy atom. The van der Waals surface area contributed by atoms with Gasteiger partial charge in [-0.05, 0) is 62.2 Å². The van der Waals surface area contributed by atoms with Crippen molar-refractivity contribution in [3.05, 3.63) is 45.2 Å². The van der Waals surface area contributed by atoms with Crippen LogP contribution in [0.15, 0.2) is 43.9 Å². The second kappa shape index (κ2) is 7.71. The van der Waals surface area contributed by atoms with Crippen LogP contribution in [0.25, 0.3) is 0 Å². The number of ether oxygens (including phenoxy) is 2. The molecule has 1 N–H and O–H groups in total. The molecule has 0 spiro atoms. The van der Waals surface area contributed by atoms with Gasteiger partial charge in [0.05, 0.1) is 17.6 Å². The molecule has 1 heterocycles. The fourth-order valence-electron chi connectivity index (χ4n) is 1.58. The first-order valence-electron chi connectivity index (χ1n) is 6.08. The zero-order valence-corrected chi connectivity index (χ0v) is 14.2. The summed E-state index contributed by atoms with van der Waals surface area (Å²) in [5.41, 5.74) is 1.01. The molecule has 0 aliphatic rings. The van der Waals surface area contributed by atoms with Crippen LogP contribution in [0.4, 0.5) is 5.69 Å². The zero-order valence-electron chi connectivity index (χ0n) is 11.0. The fourth-order valence-corrected chi connectivity index (χ4v) is 2.24. The molecule has 0 aliphatic carbocycles. The van der Waals surface area contributed by atoms with Gasteiger partial charge in [0.2, 0.25) is 0 Å². The molecule has 2 rings (SSSR count). The molecule has 0 radical (unpaired) electrons. The fraction of sp³-hybridized carbons (Fsp3) is 0.286. The second-order valence-corrected chi connectivity index (χ2v) is 5.63. The number of methoxy groups -OCH3 is 1. The summed E-state index contributed by atoms with van der Waals surface area (Å²) in [5, 5.41) is 3.28. The molecule has 4 nitrogen and oxygen atoms in total. The van der Waals surface area contributed by atoms with Crippen LogP contribution in [0.5, 0.6) is 5.75 Å². The monoisotopic (exact) mass is 403 g/mol. The van der Waals surface area contributed by atoms with Crippen LogP contribution < -0.4 is 10.1 Å². The molecule has 108 valence electrons. The highest BCUT2D eigenvalue weighted by Crippen LogP contribution is 2.27. The van der Waals surface area contributed by atoms with Crippen molar-refractivity contribution in [2.75, 3.05) is 25.6 Å². The van der Waals surface area contributed by atoms with Gasteiger partial charge in [0.15, 0.2) is 4.67 Å². The molecule has 2 aromatic rings. The summed E-state index contributed by atoms with van der Waals surface area (Å²) in [5.74, 6) is 1.68. The Labute approximate surface area is 134 Å². The number of hydrogen-bond acceptors (Lipinski definition) is 4. The normalized spacial score (nSPS) is 10.6. The van der Waals surface area contributed by atoms with Gasteiger partial charge in [0.1, 0.15) is 18.1 Å². The van der Waals surface area contributed by atoms with E-state index in [0.717, 1.165) is 21.7 Å². The molecule has 1 aromatic heterocycles. The maximum absolute atomic E-state index is 5.50. The lowest BCUT2D eigenvalue weighted by Crippen LogP contribution is -2.04. The van der Waals surface area contributed by atoms with E-state index in [1.807, 2.05) is 30.3 Å². The third-order valence-corrected chi connectivity index (χ3v) is 4.28. The Hall–Kier alpha value is -0.980. The van der Waals surface area contributed by atoms with Crippen LogP contribution in [0.1, 0.15) is 5.76 Å². The minimum Gasteiger partial charge on any atom is -0.491 e.